The van der Waals surface area contributed by atoms with Crippen LogP contribution in [-0.4, -0.2) is 36.2 Å². The molecule has 5 nitrogen and oxygen atoms in total. The number of rotatable bonds is 4. The monoisotopic (exact) mass is 401 g/mol. The highest BCUT2D eigenvalue weighted by Gasteiger charge is 2.60. The Labute approximate surface area is 154 Å². The number of carbonyl (C=O) groups is 2. The molecule has 0 aromatic heterocycles. The highest BCUT2D eigenvalue weighted by atomic mass is 19.3. The van der Waals surface area contributed by atoms with Crippen molar-refractivity contribution in [3.05, 3.63) is 57.4 Å². The SMILES string of the molecule is O=C(O)C1=C(CF)NC2=C(C(=O)OC2)C1c1cc(F)cc(F)c1C1CC1(F)F. The van der Waals surface area contributed by atoms with Crippen molar-refractivity contribution in [2.24, 2.45) is 0 Å². The molecule has 4 rings (SSSR count). The molecule has 28 heavy (non-hydrogen) atoms. The first kappa shape index (κ1) is 18.5. The molecule has 2 heterocycles. The third-order valence-electron chi connectivity index (χ3n) is 5.07. The summed E-state index contributed by atoms with van der Waals surface area (Å²) in [4.78, 5) is 24.0. The van der Waals surface area contributed by atoms with Gasteiger partial charge in [0.15, 0.2) is 0 Å². The summed E-state index contributed by atoms with van der Waals surface area (Å²) in [6.45, 7) is -1.61. The van der Waals surface area contributed by atoms with E-state index in [1.165, 1.54) is 0 Å². The van der Waals surface area contributed by atoms with Crippen LogP contribution < -0.4 is 5.32 Å². The second kappa shape index (κ2) is 6.05. The van der Waals surface area contributed by atoms with E-state index in [0.29, 0.717) is 12.1 Å². The maximum atomic E-state index is 14.5. The van der Waals surface area contributed by atoms with Gasteiger partial charge in [0.1, 0.15) is 24.9 Å². The molecule has 2 aliphatic heterocycles. The fraction of sp³-hybridized carbons (Fsp3) is 0.333. The summed E-state index contributed by atoms with van der Waals surface area (Å²) in [6.07, 6.45) is -0.702. The van der Waals surface area contributed by atoms with Crippen LogP contribution in [0.25, 0.3) is 0 Å². The minimum absolute atomic E-state index is 0.0332. The van der Waals surface area contributed by atoms with Gasteiger partial charge in [-0.05, 0) is 11.6 Å². The molecule has 0 radical (unpaired) electrons. The summed E-state index contributed by atoms with van der Waals surface area (Å²) in [7, 11) is 0. The van der Waals surface area contributed by atoms with Gasteiger partial charge in [0.05, 0.1) is 34.4 Å². The number of aliphatic carboxylic acids is 1. The van der Waals surface area contributed by atoms with Gasteiger partial charge < -0.3 is 15.2 Å². The molecular weight excluding hydrogens is 389 g/mol. The number of carboxylic acid groups (broad SMARTS) is 1. The molecule has 1 saturated carbocycles. The summed E-state index contributed by atoms with van der Waals surface area (Å²) >= 11 is 0. The molecule has 0 amide bonds. The summed E-state index contributed by atoms with van der Waals surface area (Å²) in [5, 5.41) is 12.0. The lowest BCUT2D eigenvalue weighted by Gasteiger charge is -2.28. The first-order chi connectivity index (χ1) is 13.2. The maximum absolute atomic E-state index is 14.5. The van der Waals surface area contributed by atoms with E-state index in [4.69, 9.17) is 4.74 Å². The van der Waals surface area contributed by atoms with Crippen molar-refractivity contribution in [1.82, 2.24) is 5.32 Å². The molecule has 10 heteroatoms. The Morgan fingerprint density at radius 3 is 2.57 bits per heavy atom. The number of esters is 1. The zero-order valence-electron chi connectivity index (χ0n) is 14.0. The third-order valence-corrected chi connectivity index (χ3v) is 5.07. The molecule has 1 aromatic carbocycles. The van der Waals surface area contributed by atoms with E-state index < -0.39 is 76.8 Å². The molecule has 0 spiro atoms. The number of dihydropyridines is 1. The van der Waals surface area contributed by atoms with E-state index >= 15 is 0 Å². The number of halogens is 5. The van der Waals surface area contributed by atoms with Gasteiger partial charge in [-0.1, -0.05) is 0 Å². The predicted molar refractivity (Wildman–Crippen MR) is 83.2 cm³/mol. The van der Waals surface area contributed by atoms with Crippen LogP contribution in [0.1, 0.15) is 29.4 Å². The van der Waals surface area contributed by atoms with E-state index in [9.17, 15) is 36.6 Å². The van der Waals surface area contributed by atoms with E-state index in [2.05, 4.69) is 5.32 Å². The van der Waals surface area contributed by atoms with Crippen molar-refractivity contribution >= 4 is 11.9 Å². The fourth-order valence-corrected chi connectivity index (χ4v) is 3.79. The van der Waals surface area contributed by atoms with Crippen LogP contribution in [0.5, 0.6) is 0 Å². The maximum Gasteiger partial charge on any atom is 0.337 e. The van der Waals surface area contributed by atoms with Gasteiger partial charge >= 0.3 is 11.9 Å². The van der Waals surface area contributed by atoms with Crippen molar-refractivity contribution in [2.45, 2.75) is 24.2 Å². The van der Waals surface area contributed by atoms with Gasteiger partial charge in [0, 0.05) is 18.1 Å². The number of ether oxygens (including phenoxy) is 1. The number of alkyl halides is 3. The van der Waals surface area contributed by atoms with E-state index in [-0.39, 0.29) is 17.9 Å². The molecule has 2 atom stereocenters. The third kappa shape index (κ3) is 2.66. The topological polar surface area (TPSA) is 75.6 Å². The van der Waals surface area contributed by atoms with Crippen molar-refractivity contribution < 1.29 is 41.4 Å². The van der Waals surface area contributed by atoms with E-state index in [1.54, 1.807) is 0 Å². The molecule has 0 bridgehead atoms. The predicted octanol–water partition coefficient (Wildman–Crippen LogP) is 2.89. The highest BCUT2D eigenvalue weighted by Crippen LogP contribution is 2.59. The number of hydrogen-bond donors (Lipinski definition) is 2. The van der Waals surface area contributed by atoms with Gasteiger partial charge in [-0.15, -0.1) is 0 Å². The van der Waals surface area contributed by atoms with Gasteiger partial charge in [0.25, 0.3) is 5.92 Å². The minimum Gasteiger partial charge on any atom is -0.478 e. The number of cyclic esters (lactones) is 1. The summed E-state index contributed by atoms with van der Waals surface area (Å²) < 4.78 is 74.2. The number of hydrogen-bond acceptors (Lipinski definition) is 4. The van der Waals surface area contributed by atoms with Gasteiger partial charge in [-0.25, -0.2) is 31.5 Å². The van der Waals surface area contributed by atoms with Crippen LogP contribution >= 0.6 is 0 Å². The van der Waals surface area contributed by atoms with Gasteiger partial charge in [0.2, 0.25) is 0 Å². The smallest absolute Gasteiger partial charge is 0.337 e. The molecule has 1 aliphatic carbocycles. The number of allylic oxidation sites excluding steroid dienone is 1. The minimum atomic E-state index is -3.25. The second-order valence-corrected chi connectivity index (χ2v) is 6.77. The molecule has 148 valence electrons. The Hall–Kier alpha value is -2.91. The van der Waals surface area contributed by atoms with Gasteiger partial charge in [-0.2, -0.15) is 0 Å². The largest absolute Gasteiger partial charge is 0.478 e. The lowest BCUT2D eigenvalue weighted by atomic mass is 9.78. The average molecular weight is 401 g/mol. The van der Waals surface area contributed by atoms with E-state index in [1.807, 2.05) is 0 Å². The highest BCUT2D eigenvalue weighted by molar-refractivity contribution is 6.00. The molecule has 2 unspecified atom stereocenters. The fourth-order valence-electron chi connectivity index (χ4n) is 3.79. The summed E-state index contributed by atoms with van der Waals surface area (Å²) in [5.41, 5.74) is -2.41. The van der Waals surface area contributed by atoms with Crippen molar-refractivity contribution in [3.8, 4) is 0 Å². The van der Waals surface area contributed by atoms with E-state index in [0.717, 1.165) is 0 Å². The zero-order chi connectivity index (χ0) is 20.4. The normalized spacial score (nSPS) is 25.4. The van der Waals surface area contributed by atoms with Crippen LogP contribution in [0.3, 0.4) is 0 Å². The quantitative estimate of drug-likeness (QED) is 0.600. The van der Waals surface area contributed by atoms with Crippen molar-refractivity contribution in [2.75, 3.05) is 13.3 Å². The van der Waals surface area contributed by atoms with Crippen LogP contribution in [0, 0.1) is 11.6 Å². The van der Waals surface area contributed by atoms with Crippen LogP contribution in [-0.2, 0) is 14.3 Å². The van der Waals surface area contributed by atoms with Crippen LogP contribution in [0.4, 0.5) is 22.0 Å². The summed E-state index contributed by atoms with van der Waals surface area (Å²) in [6, 6.07) is 1.12. The second-order valence-electron chi connectivity index (χ2n) is 6.77. The standard InChI is InChI=1S/C18H12F5NO4/c19-4-10-14(16(25)26)13(15-11(24-10)5-28-17(15)27)7-1-6(20)2-9(21)12(7)8-3-18(8,22)23/h1-2,8,13,24H,3-5H2,(H,25,26). The number of nitrogens with one attached hydrogen (secondary N) is 1. The van der Waals surface area contributed by atoms with Crippen LogP contribution in [0.2, 0.25) is 0 Å². The molecule has 0 saturated heterocycles. The molecule has 2 N–H and O–H groups in total. The first-order valence-corrected chi connectivity index (χ1v) is 8.21. The Morgan fingerprint density at radius 1 is 1.32 bits per heavy atom. The Balaban J connectivity index is 2.00. The lowest BCUT2D eigenvalue weighted by Crippen LogP contribution is -2.32. The van der Waals surface area contributed by atoms with Crippen LogP contribution in [0.15, 0.2) is 34.7 Å². The van der Waals surface area contributed by atoms with Crippen molar-refractivity contribution in [3.63, 3.8) is 0 Å². The van der Waals surface area contributed by atoms with Gasteiger partial charge in [-0.3, -0.25) is 0 Å². The molecule has 1 aromatic rings. The lowest BCUT2D eigenvalue weighted by molar-refractivity contribution is -0.136. The zero-order valence-corrected chi connectivity index (χ0v) is 14.0. The molecular formula is C18H12F5NO4. The number of carboxylic acids is 1. The van der Waals surface area contributed by atoms with Crippen molar-refractivity contribution in [1.29, 1.82) is 0 Å². The number of benzene rings is 1. The average Bonchev–Trinajstić information content (AvgIpc) is 3.07. The Bertz CT molecular complexity index is 984. The Morgan fingerprint density at radius 2 is 2.00 bits per heavy atom. The molecule has 1 fully saturated rings. The first-order valence-electron chi connectivity index (χ1n) is 8.21. The molecule has 3 aliphatic rings. The summed E-state index contributed by atoms with van der Waals surface area (Å²) in [5.74, 6) is -11.5. The number of carbonyl (C=O) groups excluding carboxylic acids is 1. The Kier molecular flexibility index (Phi) is 3.98.